The van der Waals surface area contributed by atoms with Crippen LogP contribution in [0.1, 0.15) is 30.9 Å². The molecular weight excluding hydrogens is 452 g/mol. The number of hydrazone groups is 1. The van der Waals surface area contributed by atoms with Crippen molar-refractivity contribution in [1.29, 1.82) is 0 Å². The molecule has 0 aliphatic carbocycles. The van der Waals surface area contributed by atoms with Gasteiger partial charge in [-0.25, -0.2) is 15.1 Å². The van der Waals surface area contributed by atoms with E-state index in [9.17, 15) is 14.4 Å². The van der Waals surface area contributed by atoms with E-state index in [0.717, 1.165) is 17.3 Å². The van der Waals surface area contributed by atoms with Crippen LogP contribution in [0.5, 0.6) is 0 Å². The van der Waals surface area contributed by atoms with E-state index in [1.807, 2.05) is 30.3 Å². The van der Waals surface area contributed by atoms with Gasteiger partial charge in [-0.2, -0.15) is 5.10 Å². The second-order valence-electron chi connectivity index (χ2n) is 6.40. The molecule has 2 heterocycles. The number of hydrogen-bond acceptors (Lipinski definition) is 9. The molecule has 166 valence electrons. The van der Waals surface area contributed by atoms with Gasteiger partial charge in [-0.3, -0.25) is 19.8 Å². The standard InChI is InChI=1S/C19H20N8O3S2/c1-12(28)21-18-22-15(10-31-18)8-16-23-25-19(27(16)26-13(2)29)32-11-17(30)24-20-9-14-6-4-3-5-7-14/h3-7,9-10H,8,11H2,1-2H3,(H,24,30)(H,26,29)(H,21,22,28)/b20-9+. The van der Waals surface area contributed by atoms with Crippen LogP contribution < -0.4 is 16.2 Å². The van der Waals surface area contributed by atoms with Gasteiger partial charge in [-0.15, -0.1) is 21.5 Å². The monoisotopic (exact) mass is 472 g/mol. The summed E-state index contributed by atoms with van der Waals surface area (Å²) in [6.45, 7) is 2.77. The Morgan fingerprint density at radius 3 is 2.66 bits per heavy atom. The number of hydrogen-bond donors (Lipinski definition) is 3. The fourth-order valence-electron chi connectivity index (χ4n) is 2.42. The minimum atomic E-state index is -0.333. The van der Waals surface area contributed by atoms with E-state index in [4.69, 9.17) is 0 Å². The normalized spacial score (nSPS) is 10.8. The van der Waals surface area contributed by atoms with Crippen molar-refractivity contribution in [3.8, 4) is 0 Å². The minimum Gasteiger partial charge on any atom is -0.302 e. The van der Waals surface area contributed by atoms with Crippen molar-refractivity contribution in [3.05, 3.63) is 52.8 Å². The number of nitrogens with zero attached hydrogens (tertiary/aromatic N) is 5. The zero-order chi connectivity index (χ0) is 22.9. The fraction of sp³-hybridized carbons (Fsp3) is 0.211. The lowest BCUT2D eigenvalue weighted by Crippen LogP contribution is -2.24. The summed E-state index contributed by atoms with van der Waals surface area (Å²) in [5, 5.41) is 17.3. The lowest BCUT2D eigenvalue weighted by Gasteiger charge is -2.09. The number of aromatic nitrogens is 4. The first kappa shape index (κ1) is 23.1. The Morgan fingerprint density at radius 2 is 1.94 bits per heavy atom. The summed E-state index contributed by atoms with van der Waals surface area (Å²) in [4.78, 5) is 39.2. The summed E-state index contributed by atoms with van der Waals surface area (Å²) in [5.41, 5.74) is 6.61. The predicted molar refractivity (Wildman–Crippen MR) is 122 cm³/mol. The maximum atomic E-state index is 12.1. The number of benzene rings is 1. The average molecular weight is 473 g/mol. The highest BCUT2D eigenvalue weighted by Gasteiger charge is 2.17. The van der Waals surface area contributed by atoms with Crippen LogP contribution in [0.25, 0.3) is 0 Å². The summed E-state index contributed by atoms with van der Waals surface area (Å²) in [6, 6.07) is 9.37. The van der Waals surface area contributed by atoms with Gasteiger partial charge in [0, 0.05) is 19.2 Å². The van der Waals surface area contributed by atoms with Gasteiger partial charge in [0.2, 0.25) is 17.0 Å². The first-order valence-corrected chi connectivity index (χ1v) is 11.2. The van der Waals surface area contributed by atoms with Crippen molar-refractivity contribution < 1.29 is 14.4 Å². The lowest BCUT2D eigenvalue weighted by molar-refractivity contribution is -0.118. The van der Waals surface area contributed by atoms with Gasteiger partial charge in [0.25, 0.3) is 5.91 Å². The van der Waals surface area contributed by atoms with E-state index in [1.165, 1.54) is 29.9 Å². The molecule has 1 aromatic carbocycles. The Hall–Kier alpha value is -3.58. The molecular formula is C19H20N8O3S2. The van der Waals surface area contributed by atoms with Gasteiger partial charge in [0.15, 0.2) is 11.0 Å². The smallest absolute Gasteiger partial charge is 0.250 e. The van der Waals surface area contributed by atoms with Gasteiger partial charge >= 0.3 is 0 Å². The third kappa shape index (κ3) is 6.99. The second kappa shape index (κ2) is 11.2. The Balaban J connectivity index is 1.62. The van der Waals surface area contributed by atoms with Crippen LogP contribution in [0, 0.1) is 0 Å². The first-order valence-electron chi connectivity index (χ1n) is 9.34. The maximum absolute atomic E-state index is 12.1. The van der Waals surface area contributed by atoms with E-state index < -0.39 is 0 Å². The lowest BCUT2D eigenvalue weighted by atomic mass is 10.2. The van der Waals surface area contributed by atoms with Crippen molar-refractivity contribution in [2.75, 3.05) is 16.5 Å². The van der Waals surface area contributed by atoms with Crippen molar-refractivity contribution in [3.63, 3.8) is 0 Å². The summed E-state index contributed by atoms with van der Waals surface area (Å²) < 4.78 is 1.42. The molecule has 0 aliphatic heterocycles. The number of carbonyl (C=O) groups is 3. The van der Waals surface area contributed by atoms with Gasteiger partial charge in [-0.1, -0.05) is 42.1 Å². The molecule has 0 radical (unpaired) electrons. The average Bonchev–Trinajstić information content (AvgIpc) is 3.33. The molecule has 0 aliphatic rings. The van der Waals surface area contributed by atoms with Crippen molar-refractivity contribution >= 4 is 52.2 Å². The fourth-order valence-corrected chi connectivity index (χ4v) is 3.88. The van der Waals surface area contributed by atoms with Crippen LogP contribution in [0.3, 0.4) is 0 Å². The molecule has 0 saturated carbocycles. The van der Waals surface area contributed by atoms with E-state index >= 15 is 0 Å². The van der Waals surface area contributed by atoms with E-state index in [0.29, 0.717) is 21.8 Å². The molecule has 0 atom stereocenters. The molecule has 3 amide bonds. The number of anilines is 1. The molecule has 32 heavy (non-hydrogen) atoms. The largest absolute Gasteiger partial charge is 0.302 e. The van der Waals surface area contributed by atoms with E-state index in [-0.39, 0.29) is 29.9 Å². The number of thiazole rings is 1. The molecule has 13 heteroatoms. The summed E-state index contributed by atoms with van der Waals surface area (Å²) >= 11 is 2.39. The summed E-state index contributed by atoms with van der Waals surface area (Å²) in [5.74, 6) is -0.405. The number of rotatable bonds is 9. The quantitative estimate of drug-likeness (QED) is 0.244. The Kier molecular flexibility index (Phi) is 8.05. The molecule has 3 rings (SSSR count). The summed E-state index contributed by atoms with van der Waals surface area (Å²) in [6.07, 6.45) is 1.82. The highest BCUT2D eigenvalue weighted by atomic mass is 32.2. The topological polar surface area (TPSA) is 143 Å². The molecule has 11 nitrogen and oxygen atoms in total. The summed E-state index contributed by atoms with van der Waals surface area (Å²) in [7, 11) is 0. The number of carbonyl (C=O) groups excluding carboxylic acids is 3. The SMILES string of the molecule is CC(=O)Nc1nc(Cc2nnc(SCC(=O)N/N=C/c3ccccc3)n2NC(C)=O)cs1. The molecule has 0 spiro atoms. The van der Waals surface area contributed by atoms with Crippen LogP contribution in [0.15, 0.2) is 46.0 Å². The number of thioether (sulfide) groups is 1. The van der Waals surface area contributed by atoms with Crippen molar-refractivity contribution in [1.82, 2.24) is 25.3 Å². The maximum Gasteiger partial charge on any atom is 0.250 e. The molecule has 0 bridgehead atoms. The van der Waals surface area contributed by atoms with Gasteiger partial charge in [-0.05, 0) is 5.56 Å². The van der Waals surface area contributed by atoms with Crippen LogP contribution >= 0.6 is 23.1 Å². The molecule has 3 aromatic rings. The Morgan fingerprint density at radius 1 is 1.16 bits per heavy atom. The predicted octanol–water partition coefficient (Wildman–Crippen LogP) is 1.62. The van der Waals surface area contributed by atoms with Crippen molar-refractivity contribution in [2.45, 2.75) is 25.4 Å². The zero-order valence-corrected chi connectivity index (χ0v) is 18.9. The Bertz CT molecular complexity index is 1130. The Labute approximate surface area is 191 Å². The molecule has 0 unspecified atom stereocenters. The van der Waals surface area contributed by atoms with E-state index in [1.54, 1.807) is 11.6 Å². The van der Waals surface area contributed by atoms with Gasteiger partial charge in [0.1, 0.15) is 0 Å². The van der Waals surface area contributed by atoms with Crippen LogP contribution in [-0.2, 0) is 20.8 Å². The van der Waals surface area contributed by atoms with Crippen LogP contribution in [0.2, 0.25) is 0 Å². The third-order valence-corrected chi connectivity index (χ3v) is 5.41. The van der Waals surface area contributed by atoms with Gasteiger partial charge in [0.05, 0.1) is 24.1 Å². The molecule has 0 saturated heterocycles. The van der Waals surface area contributed by atoms with Crippen LogP contribution in [-0.4, -0.2) is 49.5 Å². The molecule has 3 N–H and O–H groups in total. The van der Waals surface area contributed by atoms with Gasteiger partial charge < -0.3 is 5.32 Å². The zero-order valence-electron chi connectivity index (χ0n) is 17.2. The second-order valence-corrected chi connectivity index (χ2v) is 8.20. The van der Waals surface area contributed by atoms with Crippen LogP contribution in [0.4, 0.5) is 5.13 Å². The van der Waals surface area contributed by atoms with Crippen molar-refractivity contribution in [2.24, 2.45) is 5.10 Å². The third-order valence-electron chi connectivity index (χ3n) is 3.68. The highest BCUT2D eigenvalue weighted by Crippen LogP contribution is 2.20. The number of amides is 3. The molecule has 0 fully saturated rings. The number of nitrogens with one attached hydrogen (secondary N) is 3. The van der Waals surface area contributed by atoms with E-state index in [2.05, 4.69) is 36.5 Å². The highest BCUT2D eigenvalue weighted by molar-refractivity contribution is 7.99. The molecule has 2 aromatic heterocycles. The first-order chi connectivity index (χ1) is 15.4. The minimum absolute atomic E-state index is 0.0211.